The summed E-state index contributed by atoms with van der Waals surface area (Å²) in [6.07, 6.45) is 0.509. The van der Waals surface area contributed by atoms with Crippen LogP contribution in [0.25, 0.3) is 11.0 Å². The van der Waals surface area contributed by atoms with Gasteiger partial charge in [-0.1, -0.05) is 54.2 Å². The Morgan fingerprint density at radius 3 is 2.27 bits per heavy atom. The second-order valence-corrected chi connectivity index (χ2v) is 8.78. The lowest BCUT2D eigenvalue weighted by atomic mass is 10.1. The number of nitrogens with two attached hydrogens (primary N) is 1. The van der Waals surface area contributed by atoms with Crippen molar-refractivity contribution in [1.29, 1.82) is 0 Å². The molecule has 0 aliphatic rings. The second kappa shape index (κ2) is 9.41. The summed E-state index contributed by atoms with van der Waals surface area (Å²) in [7, 11) is 1.79. The molecule has 8 nitrogen and oxygen atoms in total. The minimum Gasteiger partial charge on any atom is -0.368 e. The molecule has 1 atom stereocenters. The Morgan fingerprint density at radius 2 is 1.67 bits per heavy atom. The quantitative estimate of drug-likeness (QED) is 0.323. The molecule has 2 amide bonds. The van der Waals surface area contributed by atoms with Crippen molar-refractivity contribution in [3.05, 3.63) is 77.2 Å². The smallest absolute Gasteiger partial charge is 0.247 e. The molecule has 0 fully saturated rings. The first-order valence-corrected chi connectivity index (χ1v) is 11.3. The lowest BCUT2D eigenvalue weighted by Crippen LogP contribution is -2.37. The standard InChI is InChI=1S/C24H24N6O2S/c1-14-20(15(2)30(3)29-14)28-23(32)21(22(25)31)33-24-19(13-16-9-5-4-6-10-16)26-17-11-7-8-12-18(17)27-24/h4-12,21H,13H2,1-3H3,(H2,25,31)(H,28,32). The van der Waals surface area contributed by atoms with Gasteiger partial charge in [0.1, 0.15) is 5.03 Å². The van der Waals surface area contributed by atoms with Crippen LogP contribution in [0.3, 0.4) is 0 Å². The molecule has 0 aliphatic heterocycles. The molecule has 168 valence electrons. The number of nitrogens with one attached hydrogen (secondary N) is 1. The van der Waals surface area contributed by atoms with Crippen molar-refractivity contribution in [3.8, 4) is 0 Å². The van der Waals surface area contributed by atoms with Crippen LogP contribution in [0.5, 0.6) is 0 Å². The van der Waals surface area contributed by atoms with Crippen LogP contribution in [-0.2, 0) is 23.1 Å². The van der Waals surface area contributed by atoms with Crippen LogP contribution in [0.15, 0.2) is 59.6 Å². The van der Waals surface area contributed by atoms with Crippen LogP contribution in [-0.4, -0.2) is 36.8 Å². The fourth-order valence-electron chi connectivity index (χ4n) is 3.51. The number of anilines is 1. The van der Waals surface area contributed by atoms with Crippen LogP contribution in [0.1, 0.15) is 22.6 Å². The number of thioether (sulfide) groups is 1. The molecule has 0 spiro atoms. The highest BCUT2D eigenvalue weighted by Gasteiger charge is 2.29. The molecule has 2 aromatic carbocycles. The van der Waals surface area contributed by atoms with E-state index in [4.69, 9.17) is 15.7 Å². The number of primary amides is 1. The van der Waals surface area contributed by atoms with Gasteiger partial charge in [-0.3, -0.25) is 14.3 Å². The van der Waals surface area contributed by atoms with Crippen molar-refractivity contribution < 1.29 is 9.59 Å². The maximum absolute atomic E-state index is 13.1. The first kappa shape index (κ1) is 22.5. The third-order valence-electron chi connectivity index (χ3n) is 5.30. The van der Waals surface area contributed by atoms with E-state index in [9.17, 15) is 9.59 Å². The van der Waals surface area contributed by atoms with Gasteiger partial charge in [0.2, 0.25) is 11.8 Å². The van der Waals surface area contributed by atoms with E-state index in [1.807, 2.05) is 61.5 Å². The van der Waals surface area contributed by atoms with E-state index >= 15 is 0 Å². The summed E-state index contributed by atoms with van der Waals surface area (Å²) in [6, 6.07) is 17.3. The summed E-state index contributed by atoms with van der Waals surface area (Å²) < 4.78 is 1.67. The van der Waals surface area contributed by atoms with E-state index in [0.29, 0.717) is 34.0 Å². The first-order valence-electron chi connectivity index (χ1n) is 10.4. The van der Waals surface area contributed by atoms with Gasteiger partial charge in [-0.15, -0.1) is 0 Å². The van der Waals surface area contributed by atoms with Crippen molar-refractivity contribution in [3.63, 3.8) is 0 Å². The zero-order valence-corrected chi connectivity index (χ0v) is 19.4. The molecule has 33 heavy (non-hydrogen) atoms. The number of benzene rings is 2. The number of amides is 2. The van der Waals surface area contributed by atoms with Crippen molar-refractivity contribution in [1.82, 2.24) is 19.7 Å². The van der Waals surface area contributed by atoms with Crippen LogP contribution in [0.2, 0.25) is 0 Å². The summed E-state index contributed by atoms with van der Waals surface area (Å²) in [5.41, 5.74) is 10.8. The molecular formula is C24H24N6O2S. The fraction of sp³-hybridized carbons (Fsp3) is 0.208. The Balaban J connectivity index is 1.69. The number of carbonyl (C=O) groups is 2. The van der Waals surface area contributed by atoms with Gasteiger partial charge in [0, 0.05) is 13.5 Å². The minimum atomic E-state index is -1.19. The predicted molar refractivity (Wildman–Crippen MR) is 129 cm³/mol. The largest absolute Gasteiger partial charge is 0.368 e. The summed E-state index contributed by atoms with van der Waals surface area (Å²) in [5.74, 6) is -1.27. The van der Waals surface area contributed by atoms with Gasteiger partial charge in [-0.05, 0) is 31.5 Å². The number of hydrogen-bond donors (Lipinski definition) is 2. The van der Waals surface area contributed by atoms with E-state index in [-0.39, 0.29) is 0 Å². The van der Waals surface area contributed by atoms with E-state index in [0.717, 1.165) is 28.5 Å². The number of fused-ring (bicyclic) bond motifs is 1. The number of carbonyl (C=O) groups excluding carboxylic acids is 2. The van der Waals surface area contributed by atoms with Crippen molar-refractivity contribution in [2.24, 2.45) is 12.8 Å². The molecule has 0 aliphatic carbocycles. The topological polar surface area (TPSA) is 116 Å². The Kier molecular flexibility index (Phi) is 6.41. The molecule has 9 heteroatoms. The summed E-state index contributed by atoms with van der Waals surface area (Å²) >= 11 is 1.02. The molecular weight excluding hydrogens is 436 g/mol. The van der Waals surface area contributed by atoms with E-state index in [1.54, 1.807) is 18.7 Å². The molecule has 0 radical (unpaired) electrons. The number of rotatable bonds is 7. The first-order chi connectivity index (χ1) is 15.8. The van der Waals surface area contributed by atoms with Gasteiger partial charge in [-0.2, -0.15) is 5.10 Å². The Labute approximate surface area is 195 Å². The minimum absolute atomic E-state index is 0.496. The number of aryl methyl sites for hydroxylation is 2. The monoisotopic (exact) mass is 460 g/mol. The molecule has 2 heterocycles. The second-order valence-electron chi connectivity index (χ2n) is 7.69. The molecule has 3 N–H and O–H groups in total. The number of para-hydroxylation sites is 2. The molecule has 4 rings (SSSR count). The van der Waals surface area contributed by atoms with Gasteiger partial charge >= 0.3 is 0 Å². The third kappa shape index (κ3) is 4.88. The average Bonchev–Trinajstić information content (AvgIpc) is 3.03. The highest BCUT2D eigenvalue weighted by molar-refractivity contribution is 8.01. The predicted octanol–water partition coefficient (Wildman–Crippen LogP) is 3.16. The Bertz CT molecular complexity index is 1340. The zero-order chi connectivity index (χ0) is 23.5. The number of nitrogens with zero attached hydrogens (tertiary/aromatic N) is 4. The van der Waals surface area contributed by atoms with E-state index < -0.39 is 17.1 Å². The highest BCUT2D eigenvalue weighted by Crippen LogP contribution is 2.29. The van der Waals surface area contributed by atoms with Gasteiger partial charge in [0.05, 0.1) is 33.8 Å². The highest BCUT2D eigenvalue weighted by atomic mass is 32.2. The molecule has 0 saturated heterocycles. The molecule has 0 saturated carbocycles. The summed E-state index contributed by atoms with van der Waals surface area (Å²) in [5, 5.41) is 6.43. The zero-order valence-electron chi connectivity index (χ0n) is 18.6. The number of hydrogen-bond acceptors (Lipinski definition) is 6. The molecule has 1 unspecified atom stereocenters. The van der Waals surface area contributed by atoms with E-state index in [2.05, 4.69) is 10.4 Å². The molecule has 4 aromatic rings. The lowest BCUT2D eigenvalue weighted by molar-refractivity contribution is -0.124. The van der Waals surface area contributed by atoms with Crippen LogP contribution in [0.4, 0.5) is 5.69 Å². The normalized spacial score (nSPS) is 12.0. The maximum Gasteiger partial charge on any atom is 0.247 e. The average molecular weight is 461 g/mol. The van der Waals surface area contributed by atoms with Gasteiger partial charge in [0.25, 0.3) is 0 Å². The number of aromatic nitrogens is 4. The SMILES string of the molecule is Cc1nn(C)c(C)c1NC(=O)C(Sc1nc2ccccc2nc1Cc1ccccc1)C(N)=O. The van der Waals surface area contributed by atoms with Gasteiger partial charge in [-0.25, -0.2) is 9.97 Å². The Hall–Kier alpha value is -3.72. The van der Waals surface area contributed by atoms with Crippen molar-refractivity contribution in [2.45, 2.75) is 30.5 Å². The summed E-state index contributed by atoms with van der Waals surface area (Å²) in [4.78, 5) is 34.9. The van der Waals surface area contributed by atoms with Gasteiger partial charge in [0.15, 0.2) is 5.25 Å². The molecule has 0 bridgehead atoms. The van der Waals surface area contributed by atoms with Crippen molar-refractivity contribution in [2.75, 3.05) is 5.32 Å². The molecule has 2 aromatic heterocycles. The third-order valence-corrected chi connectivity index (χ3v) is 6.54. The van der Waals surface area contributed by atoms with Crippen LogP contribution in [0, 0.1) is 13.8 Å². The Morgan fingerprint density at radius 1 is 1.03 bits per heavy atom. The summed E-state index contributed by atoms with van der Waals surface area (Å²) in [6.45, 7) is 3.64. The van der Waals surface area contributed by atoms with Crippen LogP contribution >= 0.6 is 11.8 Å². The fourth-order valence-corrected chi connectivity index (χ4v) is 4.43. The lowest BCUT2D eigenvalue weighted by Gasteiger charge is -2.16. The van der Waals surface area contributed by atoms with Crippen molar-refractivity contribution >= 4 is 40.3 Å². The van der Waals surface area contributed by atoms with E-state index in [1.165, 1.54) is 0 Å². The van der Waals surface area contributed by atoms with Gasteiger partial charge < -0.3 is 11.1 Å². The maximum atomic E-state index is 13.1. The van der Waals surface area contributed by atoms with Crippen LogP contribution < -0.4 is 11.1 Å².